The van der Waals surface area contributed by atoms with Crippen LogP contribution in [-0.2, 0) is 25.5 Å². The molecule has 1 aromatic carbocycles. The lowest BCUT2D eigenvalue weighted by Crippen LogP contribution is -2.48. The number of imide groups is 1. The Morgan fingerprint density at radius 2 is 2.00 bits per heavy atom. The van der Waals surface area contributed by atoms with Gasteiger partial charge in [0, 0.05) is 13.1 Å². The van der Waals surface area contributed by atoms with Crippen molar-refractivity contribution in [3.05, 3.63) is 35.9 Å². The fourth-order valence-corrected chi connectivity index (χ4v) is 3.81. The fraction of sp³-hybridized carbons (Fsp3) is 0.550. The summed E-state index contributed by atoms with van der Waals surface area (Å²) in [5.41, 5.74) is 1.11. The molecule has 0 spiro atoms. The molecule has 0 N–H and O–H groups in total. The number of carbonyl (C=O) groups excluding carboxylic acids is 3. The van der Waals surface area contributed by atoms with Gasteiger partial charge in [-0.15, -0.1) is 0 Å². The second-order valence-corrected chi connectivity index (χ2v) is 6.93. The molecule has 0 saturated carbocycles. The highest BCUT2D eigenvalue weighted by Crippen LogP contribution is 2.26. The zero-order valence-electron chi connectivity index (χ0n) is 15.2. The van der Waals surface area contributed by atoms with Gasteiger partial charge in [-0.2, -0.15) is 0 Å². The number of likely N-dealkylation sites (tertiary alicyclic amines) is 2. The normalized spacial score (nSPS) is 24.1. The average molecular weight is 358 g/mol. The van der Waals surface area contributed by atoms with Crippen LogP contribution in [0.4, 0.5) is 0 Å². The summed E-state index contributed by atoms with van der Waals surface area (Å²) in [5, 5.41) is 0. The van der Waals surface area contributed by atoms with Gasteiger partial charge >= 0.3 is 5.97 Å². The standard InChI is InChI=1S/C20H26N2O4/c1-2-26-20(25)16-9-6-11-21(14-16)17-13-18(23)22(19(17)24)12-10-15-7-4-3-5-8-15/h3-5,7-8,16-17H,2,6,9-14H2,1H3/t16-,17-/m0/s1. The van der Waals surface area contributed by atoms with Gasteiger partial charge in [-0.3, -0.25) is 24.2 Å². The van der Waals surface area contributed by atoms with E-state index in [1.54, 1.807) is 6.92 Å². The lowest BCUT2D eigenvalue weighted by molar-refractivity contribution is -0.151. The van der Waals surface area contributed by atoms with Crippen LogP contribution in [0.5, 0.6) is 0 Å². The molecule has 0 bridgehead atoms. The van der Waals surface area contributed by atoms with E-state index in [1.165, 1.54) is 4.90 Å². The van der Waals surface area contributed by atoms with Gasteiger partial charge in [0.1, 0.15) is 0 Å². The van der Waals surface area contributed by atoms with E-state index < -0.39 is 6.04 Å². The highest BCUT2D eigenvalue weighted by molar-refractivity contribution is 6.05. The molecule has 26 heavy (non-hydrogen) atoms. The molecule has 2 fully saturated rings. The molecule has 2 atom stereocenters. The van der Waals surface area contributed by atoms with E-state index in [-0.39, 0.29) is 30.1 Å². The summed E-state index contributed by atoms with van der Waals surface area (Å²) in [5.74, 6) is -0.649. The van der Waals surface area contributed by atoms with Crippen LogP contribution >= 0.6 is 0 Å². The Kier molecular flexibility index (Phi) is 6.04. The van der Waals surface area contributed by atoms with Crippen molar-refractivity contribution in [1.82, 2.24) is 9.80 Å². The highest BCUT2D eigenvalue weighted by atomic mass is 16.5. The molecule has 2 amide bonds. The third-order valence-corrected chi connectivity index (χ3v) is 5.20. The van der Waals surface area contributed by atoms with Crippen LogP contribution in [-0.4, -0.2) is 59.9 Å². The molecule has 1 aromatic rings. The Balaban J connectivity index is 1.60. The van der Waals surface area contributed by atoms with Gasteiger partial charge in [0.05, 0.1) is 25.0 Å². The van der Waals surface area contributed by atoms with Crippen LogP contribution < -0.4 is 0 Å². The summed E-state index contributed by atoms with van der Waals surface area (Å²) in [7, 11) is 0. The van der Waals surface area contributed by atoms with Crippen LogP contribution in [0.25, 0.3) is 0 Å². The van der Waals surface area contributed by atoms with Crippen LogP contribution in [0.2, 0.25) is 0 Å². The van der Waals surface area contributed by atoms with Crippen LogP contribution in [0.1, 0.15) is 31.7 Å². The van der Waals surface area contributed by atoms with Crippen molar-refractivity contribution in [3.63, 3.8) is 0 Å². The first kappa shape index (κ1) is 18.6. The molecule has 0 radical (unpaired) electrons. The summed E-state index contributed by atoms with van der Waals surface area (Å²) in [4.78, 5) is 40.5. The lowest BCUT2D eigenvalue weighted by Gasteiger charge is -2.34. The summed E-state index contributed by atoms with van der Waals surface area (Å²) in [6.07, 6.45) is 2.49. The number of nitrogens with zero attached hydrogens (tertiary/aromatic N) is 2. The van der Waals surface area contributed by atoms with Gasteiger partial charge in [-0.05, 0) is 38.3 Å². The van der Waals surface area contributed by atoms with Crippen molar-refractivity contribution in [3.8, 4) is 0 Å². The number of esters is 1. The maximum Gasteiger partial charge on any atom is 0.310 e. The largest absolute Gasteiger partial charge is 0.466 e. The third kappa shape index (κ3) is 4.12. The van der Waals surface area contributed by atoms with Gasteiger partial charge in [0.25, 0.3) is 0 Å². The summed E-state index contributed by atoms with van der Waals surface area (Å²) < 4.78 is 5.12. The smallest absolute Gasteiger partial charge is 0.310 e. The van der Waals surface area contributed by atoms with Gasteiger partial charge in [0.15, 0.2) is 0 Å². The molecule has 0 unspecified atom stereocenters. The molecule has 140 valence electrons. The molecule has 6 nitrogen and oxygen atoms in total. The van der Waals surface area contributed by atoms with Gasteiger partial charge < -0.3 is 4.74 Å². The lowest BCUT2D eigenvalue weighted by atomic mass is 9.96. The average Bonchev–Trinajstić information content (AvgIpc) is 2.95. The molecule has 6 heteroatoms. The Hall–Kier alpha value is -2.21. The topological polar surface area (TPSA) is 66.9 Å². The Morgan fingerprint density at radius 1 is 1.23 bits per heavy atom. The minimum atomic E-state index is -0.435. The highest BCUT2D eigenvalue weighted by Gasteiger charge is 2.43. The minimum Gasteiger partial charge on any atom is -0.466 e. The predicted octanol–water partition coefficient (Wildman–Crippen LogP) is 1.63. The second kappa shape index (κ2) is 8.45. The molecular weight excluding hydrogens is 332 g/mol. The van der Waals surface area contributed by atoms with Crippen LogP contribution in [0, 0.1) is 5.92 Å². The number of benzene rings is 1. The quantitative estimate of drug-likeness (QED) is 0.571. The first-order chi connectivity index (χ1) is 12.6. The first-order valence-corrected chi connectivity index (χ1v) is 9.39. The Morgan fingerprint density at radius 3 is 2.73 bits per heavy atom. The van der Waals surface area contributed by atoms with Gasteiger partial charge in [0.2, 0.25) is 11.8 Å². The Bertz CT molecular complexity index is 661. The number of hydrogen-bond donors (Lipinski definition) is 0. The van der Waals surface area contributed by atoms with Gasteiger partial charge in [-0.25, -0.2) is 0 Å². The van der Waals surface area contributed by atoms with Crippen LogP contribution in [0.3, 0.4) is 0 Å². The summed E-state index contributed by atoms with van der Waals surface area (Å²) >= 11 is 0. The SMILES string of the molecule is CCOC(=O)[C@H]1CCCN([C@H]2CC(=O)N(CCc3ccccc3)C2=O)C1. The number of ether oxygens (including phenoxy) is 1. The van der Waals surface area contributed by atoms with E-state index in [4.69, 9.17) is 4.74 Å². The van der Waals surface area contributed by atoms with Crippen molar-refractivity contribution >= 4 is 17.8 Å². The van der Waals surface area contributed by atoms with E-state index in [0.717, 1.165) is 24.9 Å². The second-order valence-electron chi connectivity index (χ2n) is 6.93. The fourth-order valence-electron chi connectivity index (χ4n) is 3.81. The molecular formula is C20H26N2O4. The van der Waals surface area contributed by atoms with E-state index in [9.17, 15) is 14.4 Å². The molecule has 0 aromatic heterocycles. The maximum absolute atomic E-state index is 12.8. The molecule has 0 aliphatic carbocycles. The van der Waals surface area contributed by atoms with Crippen molar-refractivity contribution in [2.75, 3.05) is 26.2 Å². The monoisotopic (exact) mass is 358 g/mol. The van der Waals surface area contributed by atoms with E-state index in [2.05, 4.69) is 0 Å². The first-order valence-electron chi connectivity index (χ1n) is 9.39. The van der Waals surface area contributed by atoms with Crippen LogP contribution in [0.15, 0.2) is 30.3 Å². The summed E-state index contributed by atoms with van der Waals surface area (Å²) in [6, 6.07) is 9.41. The minimum absolute atomic E-state index is 0.116. The molecule has 2 aliphatic heterocycles. The molecule has 2 aliphatic rings. The predicted molar refractivity (Wildman–Crippen MR) is 96.2 cm³/mol. The maximum atomic E-state index is 12.8. The third-order valence-electron chi connectivity index (χ3n) is 5.20. The van der Waals surface area contributed by atoms with E-state index >= 15 is 0 Å². The van der Waals surface area contributed by atoms with Crippen molar-refractivity contribution < 1.29 is 19.1 Å². The number of amides is 2. The molecule has 2 saturated heterocycles. The number of rotatable bonds is 6. The summed E-state index contributed by atoms with van der Waals surface area (Å²) in [6.45, 7) is 3.81. The molecule has 3 rings (SSSR count). The van der Waals surface area contributed by atoms with Crippen molar-refractivity contribution in [2.45, 2.75) is 38.6 Å². The van der Waals surface area contributed by atoms with E-state index in [0.29, 0.717) is 26.1 Å². The number of hydrogen-bond acceptors (Lipinski definition) is 5. The van der Waals surface area contributed by atoms with Crippen molar-refractivity contribution in [1.29, 1.82) is 0 Å². The number of carbonyl (C=O) groups is 3. The molecule has 2 heterocycles. The van der Waals surface area contributed by atoms with E-state index in [1.807, 2.05) is 35.2 Å². The van der Waals surface area contributed by atoms with Crippen molar-refractivity contribution in [2.24, 2.45) is 5.92 Å². The zero-order valence-corrected chi connectivity index (χ0v) is 15.2. The van der Waals surface area contributed by atoms with Gasteiger partial charge in [-0.1, -0.05) is 30.3 Å². The zero-order chi connectivity index (χ0) is 18.5. The Labute approximate surface area is 154 Å². The number of piperidine rings is 1.